The van der Waals surface area contributed by atoms with Crippen LogP contribution in [-0.2, 0) is 4.79 Å². The van der Waals surface area contributed by atoms with Gasteiger partial charge in [-0.25, -0.2) is 4.98 Å². The standard InChI is InChI=1S/C25H31NO2.C2H6/c1-17(2)18-6-8-19(9-7-18)21-12-15-23(26-16-21)28-24(27)20-10-13-22(14-11-20)25(3,4)5;1-2/h6-9,12-13,15-17,20H,10-11,14H2,1-5H3;1-2H3. The number of nitrogens with zero attached hydrogens (tertiary/aromatic N) is 1. The molecule has 0 spiro atoms. The first-order valence-electron chi connectivity index (χ1n) is 11.2. The fraction of sp³-hybridized carbons (Fsp3) is 0.481. The SMILES string of the molecule is CC.CC(C)c1ccc(-c2ccc(OC(=O)C3CC=C(C(C)(C)C)CC3)nc2)cc1. The summed E-state index contributed by atoms with van der Waals surface area (Å²) in [6.07, 6.45) is 6.55. The van der Waals surface area contributed by atoms with Gasteiger partial charge in [0.1, 0.15) is 0 Å². The van der Waals surface area contributed by atoms with E-state index in [9.17, 15) is 4.79 Å². The number of esters is 1. The summed E-state index contributed by atoms with van der Waals surface area (Å²) in [4.78, 5) is 16.8. The van der Waals surface area contributed by atoms with Gasteiger partial charge in [0.05, 0.1) is 5.92 Å². The molecule has 162 valence electrons. The second-order valence-electron chi connectivity index (χ2n) is 9.03. The van der Waals surface area contributed by atoms with Gasteiger partial charge in [0.15, 0.2) is 0 Å². The molecule has 1 aromatic carbocycles. The molecule has 1 aliphatic carbocycles. The Morgan fingerprint density at radius 3 is 2.13 bits per heavy atom. The fourth-order valence-corrected chi connectivity index (χ4v) is 3.59. The van der Waals surface area contributed by atoms with Crippen molar-refractivity contribution in [1.82, 2.24) is 4.98 Å². The van der Waals surface area contributed by atoms with Crippen molar-refractivity contribution < 1.29 is 9.53 Å². The smallest absolute Gasteiger partial charge is 0.315 e. The van der Waals surface area contributed by atoms with Crippen LogP contribution in [0.4, 0.5) is 0 Å². The number of benzene rings is 1. The summed E-state index contributed by atoms with van der Waals surface area (Å²) in [5.41, 5.74) is 5.06. The van der Waals surface area contributed by atoms with Crippen LogP contribution in [0.15, 0.2) is 54.2 Å². The van der Waals surface area contributed by atoms with Crippen LogP contribution in [0.3, 0.4) is 0 Å². The van der Waals surface area contributed by atoms with Crippen molar-refractivity contribution in [2.24, 2.45) is 11.3 Å². The Bertz CT molecular complexity index is 840. The molecule has 0 bridgehead atoms. The zero-order valence-corrected chi connectivity index (χ0v) is 19.7. The lowest BCUT2D eigenvalue weighted by Gasteiger charge is -2.28. The Balaban J connectivity index is 0.00000155. The molecule has 1 unspecified atom stereocenters. The number of allylic oxidation sites excluding steroid dienone is 2. The number of pyridine rings is 1. The van der Waals surface area contributed by atoms with Crippen molar-refractivity contribution >= 4 is 5.97 Å². The molecule has 0 saturated heterocycles. The van der Waals surface area contributed by atoms with Gasteiger partial charge in [-0.2, -0.15) is 0 Å². The van der Waals surface area contributed by atoms with Crippen molar-refractivity contribution in [3.05, 3.63) is 59.8 Å². The first kappa shape index (κ1) is 23.9. The summed E-state index contributed by atoms with van der Waals surface area (Å²) in [5, 5.41) is 0. The molecule has 0 N–H and O–H groups in total. The Kier molecular flexibility index (Phi) is 8.40. The zero-order chi connectivity index (χ0) is 22.3. The molecule has 1 atom stereocenters. The number of carbonyl (C=O) groups is 1. The van der Waals surface area contributed by atoms with Crippen molar-refractivity contribution in [2.75, 3.05) is 0 Å². The first-order valence-corrected chi connectivity index (χ1v) is 11.2. The third-order valence-corrected chi connectivity index (χ3v) is 5.56. The van der Waals surface area contributed by atoms with E-state index in [-0.39, 0.29) is 17.3 Å². The molecule has 0 amide bonds. The molecule has 1 aromatic heterocycles. The van der Waals surface area contributed by atoms with E-state index in [1.165, 1.54) is 11.1 Å². The second kappa shape index (κ2) is 10.6. The van der Waals surface area contributed by atoms with Gasteiger partial charge in [-0.15, -0.1) is 0 Å². The Morgan fingerprint density at radius 2 is 1.67 bits per heavy atom. The van der Waals surface area contributed by atoms with Crippen molar-refractivity contribution in [3.63, 3.8) is 0 Å². The highest BCUT2D eigenvalue weighted by Gasteiger charge is 2.27. The van der Waals surface area contributed by atoms with Gasteiger partial charge in [-0.05, 0) is 47.8 Å². The Hall–Kier alpha value is -2.42. The van der Waals surface area contributed by atoms with Crippen LogP contribution in [0, 0.1) is 11.3 Å². The van der Waals surface area contributed by atoms with Gasteiger partial charge in [0.25, 0.3) is 0 Å². The lowest BCUT2D eigenvalue weighted by Crippen LogP contribution is -2.24. The molecular formula is C27H37NO2. The summed E-state index contributed by atoms with van der Waals surface area (Å²) in [7, 11) is 0. The highest BCUT2D eigenvalue weighted by molar-refractivity contribution is 5.75. The molecule has 30 heavy (non-hydrogen) atoms. The largest absolute Gasteiger partial charge is 0.407 e. The zero-order valence-electron chi connectivity index (χ0n) is 19.7. The predicted octanol–water partition coefficient (Wildman–Crippen LogP) is 7.58. The molecule has 2 aromatic rings. The highest BCUT2D eigenvalue weighted by atomic mass is 16.5. The minimum atomic E-state index is -0.175. The van der Waals surface area contributed by atoms with Crippen molar-refractivity contribution in [3.8, 4) is 17.0 Å². The number of ether oxygens (including phenoxy) is 1. The maximum Gasteiger partial charge on any atom is 0.315 e. The second-order valence-corrected chi connectivity index (χ2v) is 9.03. The van der Waals surface area contributed by atoms with E-state index >= 15 is 0 Å². The summed E-state index contributed by atoms with van der Waals surface area (Å²) in [6.45, 7) is 15.0. The van der Waals surface area contributed by atoms with E-state index in [1.807, 2.05) is 19.9 Å². The van der Waals surface area contributed by atoms with Crippen molar-refractivity contribution in [1.29, 1.82) is 0 Å². The van der Waals surface area contributed by atoms with E-state index in [4.69, 9.17) is 4.74 Å². The number of aromatic nitrogens is 1. The molecule has 0 saturated carbocycles. The van der Waals surface area contributed by atoms with E-state index in [0.717, 1.165) is 30.4 Å². The molecular weight excluding hydrogens is 370 g/mol. The van der Waals surface area contributed by atoms with Crippen LogP contribution in [-0.4, -0.2) is 11.0 Å². The van der Waals surface area contributed by atoms with Crippen LogP contribution in [0.1, 0.15) is 79.2 Å². The van der Waals surface area contributed by atoms with Crippen LogP contribution in [0.5, 0.6) is 5.88 Å². The van der Waals surface area contributed by atoms with Crippen LogP contribution in [0.25, 0.3) is 11.1 Å². The summed E-state index contributed by atoms with van der Waals surface area (Å²) >= 11 is 0. The van der Waals surface area contributed by atoms with Gasteiger partial charge in [0.2, 0.25) is 5.88 Å². The molecule has 0 fully saturated rings. The van der Waals surface area contributed by atoms with E-state index < -0.39 is 0 Å². The molecule has 0 aliphatic heterocycles. The van der Waals surface area contributed by atoms with E-state index in [2.05, 4.69) is 69.9 Å². The van der Waals surface area contributed by atoms with Crippen LogP contribution in [0.2, 0.25) is 0 Å². The molecule has 3 heteroatoms. The molecule has 0 radical (unpaired) electrons. The van der Waals surface area contributed by atoms with Crippen LogP contribution >= 0.6 is 0 Å². The summed E-state index contributed by atoms with van der Waals surface area (Å²) in [6, 6.07) is 12.3. The van der Waals surface area contributed by atoms with Gasteiger partial charge in [0, 0.05) is 17.8 Å². The Labute approximate surface area is 182 Å². The lowest BCUT2D eigenvalue weighted by molar-refractivity contribution is -0.139. The van der Waals surface area contributed by atoms with Gasteiger partial charge < -0.3 is 4.74 Å². The van der Waals surface area contributed by atoms with E-state index in [0.29, 0.717) is 11.8 Å². The monoisotopic (exact) mass is 407 g/mol. The van der Waals surface area contributed by atoms with Crippen LogP contribution < -0.4 is 4.74 Å². The maximum atomic E-state index is 12.5. The van der Waals surface area contributed by atoms with Gasteiger partial charge in [-0.1, -0.05) is 84.4 Å². The van der Waals surface area contributed by atoms with Crippen molar-refractivity contribution in [2.45, 2.75) is 73.6 Å². The molecule has 3 nitrogen and oxygen atoms in total. The molecule has 1 heterocycles. The number of carbonyl (C=O) groups excluding carboxylic acids is 1. The fourth-order valence-electron chi connectivity index (χ4n) is 3.59. The number of hydrogen-bond donors (Lipinski definition) is 0. The average molecular weight is 408 g/mol. The maximum absolute atomic E-state index is 12.5. The minimum absolute atomic E-state index is 0.0730. The molecule has 1 aliphatic rings. The molecule has 3 rings (SSSR count). The van der Waals surface area contributed by atoms with Gasteiger partial charge in [-0.3, -0.25) is 4.79 Å². The topological polar surface area (TPSA) is 39.2 Å². The normalized spacial score (nSPS) is 16.4. The lowest BCUT2D eigenvalue weighted by atomic mass is 9.77. The third kappa shape index (κ3) is 6.29. The summed E-state index contributed by atoms with van der Waals surface area (Å²) in [5.74, 6) is 0.642. The van der Waals surface area contributed by atoms with Gasteiger partial charge >= 0.3 is 5.97 Å². The third-order valence-electron chi connectivity index (χ3n) is 5.56. The number of hydrogen-bond acceptors (Lipinski definition) is 3. The van der Waals surface area contributed by atoms with E-state index in [1.54, 1.807) is 12.3 Å². The average Bonchev–Trinajstić information content (AvgIpc) is 2.75. The Morgan fingerprint density at radius 1 is 1.03 bits per heavy atom. The first-order chi connectivity index (χ1) is 14.2. The number of rotatable bonds is 4. The minimum Gasteiger partial charge on any atom is -0.407 e. The quantitative estimate of drug-likeness (QED) is 0.387. The predicted molar refractivity (Wildman–Crippen MR) is 126 cm³/mol. The highest BCUT2D eigenvalue weighted by Crippen LogP contribution is 2.35. The summed E-state index contributed by atoms with van der Waals surface area (Å²) < 4.78 is 5.54.